The van der Waals surface area contributed by atoms with E-state index in [1.807, 2.05) is 0 Å². The van der Waals surface area contributed by atoms with Crippen molar-refractivity contribution >= 4 is 11.6 Å². The summed E-state index contributed by atoms with van der Waals surface area (Å²) in [4.78, 5) is 0. The van der Waals surface area contributed by atoms with Crippen LogP contribution in [0.2, 0.25) is 0 Å². The molecule has 0 N–H and O–H groups in total. The maximum Gasteiger partial charge on any atom is 0.0257 e. The first-order chi connectivity index (χ1) is 5.69. The van der Waals surface area contributed by atoms with Gasteiger partial charge in [0.1, 0.15) is 0 Å². The largest absolute Gasteiger partial charge is 0.126 e. The molecular formula is C11H19Cl. The molecule has 0 amide bonds. The van der Waals surface area contributed by atoms with E-state index in [0.717, 1.165) is 23.6 Å². The highest BCUT2D eigenvalue weighted by atomic mass is 35.5. The third-order valence-electron chi connectivity index (χ3n) is 4.31. The molecule has 2 aliphatic carbocycles. The van der Waals surface area contributed by atoms with Gasteiger partial charge < -0.3 is 0 Å². The summed E-state index contributed by atoms with van der Waals surface area (Å²) in [6, 6.07) is 0. The van der Waals surface area contributed by atoms with E-state index in [2.05, 4.69) is 13.8 Å². The standard InChI is InChI=1S/C11H19Cl/c1-8-3-4-11(9(2)5-8)6-10(11)7-12/h8-10H,3-7H2,1-2H3. The number of halogens is 1. The van der Waals surface area contributed by atoms with Gasteiger partial charge in [-0.3, -0.25) is 0 Å². The zero-order valence-corrected chi connectivity index (χ0v) is 8.90. The molecule has 1 heteroatoms. The molecule has 4 atom stereocenters. The summed E-state index contributed by atoms with van der Waals surface area (Å²) in [5.74, 6) is 3.66. The lowest BCUT2D eigenvalue weighted by molar-refractivity contribution is 0.170. The molecule has 4 unspecified atom stereocenters. The van der Waals surface area contributed by atoms with Gasteiger partial charge in [-0.05, 0) is 42.4 Å². The monoisotopic (exact) mass is 186 g/mol. The minimum Gasteiger partial charge on any atom is -0.126 e. The lowest BCUT2D eigenvalue weighted by Gasteiger charge is -2.33. The number of alkyl halides is 1. The molecular weight excluding hydrogens is 168 g/mol. The van der Waals surface area contributed by atoms with Crippen LogP contribution in [0.3, 0.4) is 0 Å². The second-order valence-corrected chi connectivity index (χ2v) is 5.38. The number of hydrogen-bond acceptors (Lipinski definition) is 0. The Balaban J connectivity index is 2.00. The van der Waals surface area contributed by atoms with E-state index in [1.54, 1.807) is 0 Å². The first-order valence-electron chi connectivity index (χ1n) is 5.25. The molecule has 0 aliphatic heterocycles. The molecule has 0 aromatic heterocycles. The number of hydrogen-bond donors (Lipinski definition) is 0. The Bertz CT molecular complexity index is 178. The van der Waals surface area contributed by atoms with Crippen molar-refractivity contribution in [1.29, 1.82) is 0 Å². The van der Waals surface area contributed by atoms with Gasteiger partial charge in [0.15, 0.2) is 0 Å². The molecule has 70 valence electrons. The Morgan fingerprint density at radius 1 is 1.42 bits per heavy atom. The minimum atomic E-state index is 0.703. The third kappa shape index (κ3) is 1.19. The van der Waals surface area contributed by atoms with Crippen molar-refractivity contribution in [2.24, 2.45) is 23.2 Å². The zero-order valence-electron chi connectivity index (χ0n) is 8.15. The predicted octanol–water partition coefficient (Wildman–Crippen LogP) is 3.69. The molecule has 0 heterocycles. The molecule has 2 rings (SSSR count). The van der Waals surface area contributed by atoms with Gasteiger partial charge in [-0.25, -0.2) is 0 Å². The SMILES string of the molecule is CC1CCC2(CC2CCl)C(C)C1. The van der Waals surface area contributed by atoms with Crippen molar-refractivity contribution in [3.8, 4) is 0 Å². The van der Waals surface area contributed by atoms with Crippen LogP contribution in [0.15, 0.2) is 0 Å². The highest BCUT2D eigenvalue weighted by Gasteiger charge is 2.57. The molecule has 0 saturated heterocycles. The number of rotatable bonds is 1. The summed E-state index contributed by atoms with van der Waals surface area (Å²) in [5.41, 5.74) is 0.703. The molecule has 0 aromatic rings. The Kier molecular flexibility index (Phi) is 2.15. The van der Waals surface area contributed by atoms with Crippen LogP contribution in [-0.2, 0) is 0 Å². The van der Waals surface area contributed by atoms with Gasteiger partial charge in [0.05, 0.1) is 0 Å². The van der Waals surface area contributed by atoms with Crippen LogP contribution in [0.5, 0.6) is 0 Å². The van der Waals surface area contributed by atoms with Crippen molar-refractivity contribution in [2.45, 2.75) is 39.5 Å². The van der Waals surface area contributed by atoms with Crippen LogP contribution in [0, 0.1) is 23.2 Å². The zero-order chi connectivity index (χ0) is 8.77. The van der Waals surface area contributed by atoms with E-state index >= 15 is 0 Å². The molecule has 12 heavy (non-hydrogen) atoms. The highest BCUT2D eigenvalue weighted by Crippen LogP contribution is 2.64. The van der Waals surface area contributed by atoms with Crippen LogP contribution in [0.1, 0.15) is 39.5 Å². The van der Waals surface area contributed by atoms with E-state index in [9.17, 15) is 0 Å². The van der Waals surface area contributed by atoms with Gasteiger partial charge in [-0.2, -0.15) is 0 Å². The first kappa shape index (κ1) is 8.87. The maximum absolute atomic E-state index is 5.92. The Morgan fingerprint density at radius 2 is 2.17 bits per heavy atom. The summed E-state index contributed by atoms with van der Waals surface area (Å²) in [5, 5.41) is 0. The lowest BCUT2D eigenvalue weighted by Crippen LogP contribution is -2.24. The van der Waals surface area contributed by atoms with Crippen LogP contribution < -0.4 is 0 Å². The summed E-state index contributed by atoms with van der Waals surface area (Å²) in [7, 11) is 0. The van der Waals surface area contributed by atoms with Gasteiger partial charge >= 0.3 is 0 Å². The van der Waals surface area contributed by atoms with Gasteiger partial charge in [0, 0.05) is 5.88 Å². The Hall–Kier alpha value is 0.290. The quantitative estimate of drug-likeness (QED) is 0.548. The van der Waals surface area contributed by atoms with E-state index in [0.29, 0.717) is 5.41 Å². The van der Waals surface area contributed by atoms with Crippen LogP contribution in [0.25, 0.3) is 0 Å². The summed E-state index contributed by atoms with van der Waals surface area (Å²) < 4.78 is 0. The van der Waals surface area contributed by atoms with Crippen LogP contribution >= 0.6 is 11.6 Å². The topological polar surface area (TPSA) is 0 Å². The van der Waals surface area contributed by atoms with E-state index in [-0.39, 0.29) is 0 Å². The van der Waals surface area contributed by atoms with E-state index in [4.69, 9.17) is 11.6 Å². The fraction of sp³-hybridized carbons (Fsp3) is 1.00. The highest BCUT2D eigenvalue weighted by molar-refractivity contribution is 6.18. The lowest BCUT2D eigenvalue weighted by atomic mass is 9.72. The second kappa shape index (κ2) is 2.90. The molecule has 2 saturated carbocycles. The molecule has 0 radical (unpaired) electrons. The van der Waals surface area contributed by atoms with Crippen molar-refractivity contribution in [3.63, 3.8) is 0 Å². The normalized spacial score (nSPS) is 52.8. The second-order valence-electron chi connectivity index (χ2n) is 5.07. The third-order valence-corrected chi connectivity index (χ3v) is 4.68. The van der Waals surface area contributed by atoms with E-state index < -0.39 is 0 Å². The molecule has 2 fully saturated rings. The van der Waals surface area contributed by atoms with Gasteiger partial charge in [0.25, 0.3) is 0 Å². The van der Waals surface area contributed by atoms with Crippen LogP contribution in [-0.4, -0.2) is 5.88 Å². The maximum atomic E-state index is 5.92. The fourth-order valence-electron chi connectivity index (χ4n) is 3.24. The summed E-state index contributed by atoms with van der Waals surface area (Å²) >= 11 is 5.92. The molecule has 1 spiro atoms. The van der Waals surface area contributed by atoms with Gasteiger partial charge in [0.2, 0.25) is 0 Å². The molecule has 0 nitrogen and oxygen atoms in total. The van der Waals surface area contributed by atoms with Crippen molar-refractivity contribution in [1.82, 2.24) is 0 Å². The average molecular weight is 187 g/mol. The Labute approximate surface area is 80.7 Å². The van der Waals surface area contributed by atoms with Crippen molar-refractivity contribution in [3.05, 3.63) is 0 Å². The van der Waals surface area contributed by atoms with Crippen molar-refractivity contribution < 1.29 is 0 Å². The fourth-order valence-corrected chi connectivity index (χ4v) is 3.65. The molecule has 2 aliphatic rings. The van der Waals surface area contributed by atoms with E-state index in [1.165, 1.54) is 25.7 Å². The predicted molar refractivity (Wildman–Crippen MR) is 53.4 cm³/mol. The summed E-state index contributed by atoms with van der Waals surface area (Å²) in [6.45, 7) is 4.82. The van der Waals surface area contributed by atoms with Crippen LogP contribution in [0.4, 0.5) is 0 Å². The first-order valence-corrected chi connectivity index (χ1v) is 5.78. The molecule has 0 aromatic carbocycles. The summed E-state index contributed by atoms with van der Waals surface area (Å²) in [6.07, 6.45) is 5.75. The molecule has 0 bridgehead atoms. The Morgan fingerprint density at radius 3 is 2.67 bits per heavy atom. The van der Waals surface area contributed by atoms with Gasteiger partial charge in [-0.15, -0.1) is 11.6 Å². The van der Waals surface area contributed by atoms with Crippen molar-refractivity contribution in [2.75, 3.05) is 5.88 Å². The smallest absolute Gasteiger partial charge is 0.0257 e. The minimum absolute atomic E-state index is 0.703. The van der Waals surface area contributed by atoms with Gasteiger partial charge in [-0.1, -0.05) is 20.3 Å². The average Bonchev–Trinajstić information content (AvgIpc) is 2.74.